The van der Waals surface area contributed by atoms with Crippen LogP contribution < -0.4 is 0 Å². The lowest BCUT2D eigenvalue weighted by Gasteiger charge is -2.05. The molecule has 0 aliphatic rings. The van der Waals surface area contributed by atoms with Gasteiger partial charge in [-0.25, -0.2) is 0 Å². The molecule has 0 bridgehead atoms. The van der Waals surface area contributed by atoms with E-state index in [0.717, 1.165) is 16.5 Å². The smallest absolute Gasteiger partial charge is 0.126 e. The predicted octanol–water partition coefficient (Wildman–Crippen LogP) is 7.03. The number of aryl methyl sites for hydroxylation is 2. The van der Waals surface area contributed by atoms with Crippen molar-refractivity contribution >= 4 is 21.5 Å². The van der Waals surface area contributed by atoms with Crippen molar-refractivity contribution in [3.8, 4) is 23.0 Å². The van der Waals surface area contributed by atoms with Gasteiger partial charge in [0.05, 0.1) is 11.5 Å². The molecule has 0 unspecified atom stereocenters. The van der Waals surface area contributed by atoms with Crippen molar-refractivity contribution in [1.82, 2.24) is 0 Å². The standard InChI is InChI=1S/2C11H10O2.C6H10O2/c1-7-5-6-8-9(11(7)13)3-2-4-10(8)12;1-7-5-6-9(12)8-3-2-4-10(13)11(7)8;1-5(7)3-4-6(2)8/h2*2-6,12-13H,1H3;3-4,7-8H,1-2H3/b;;5-3+,6-4+. The highest BCUT2D eigenvalue weighted by Gasteiger charge is 2.06. The second-order valence-corrected chi connectivity index (χ2v) is 7.82. The first-order valence-corrected chi connectivity index (χ1v) is 10.6. The van der Waals surface area contributed by atoms with Gasteiger partial charge in [-0.2, -0.15) is 0 Å². The van der Waals surface area contributed by atoms with E-state index in [9.17, 15) is 20.4 Å². The van der Waals surface area contributed by atoms with Crippen LogP contribution in [0.15, 0.2) is 84.3 Å². The molecule has 4 rings (SSSR count). The van der Waals surface area contributed by atoms with Gasteiger partial charge in [-0.05, 0) is 69.2 Å². The summed E-state index contributed by atoms with van der Waals surface area (Å²) in [6.07, 6.45) is 2.85. The molecule has 6 heteroatoms. The monoisotopic (exact) mass is 462 g/mol. The Morgan fingerprint density at radius 1 is 0.559 bits per heavy atom. The molecule has 6 nitrogen and oxygen atoms in total. The van der Waals surface area contributed by atoms with Crippen LogP contribution in [0.4, 0.5) is 0 Å². The Kier molecular flexibility index (Phi) is 8.79. The molecule has 0 saturated heterocycles. The summed E-state index contributed by atoms with van der Waals surface area (Å²) in [4.78, 5) is 0. The molecule has 178 valence electrons. The molecule has 0 heterocycles. The minimum Gasteiger partial charge on any atom is -0.513 e. The van der Waals surface area contributed by atoms with Gasteiger partial charge in [0.15, 0.2) is 0 Å². The number of phenols is 4. The molecule has 6 N–H and O–H groups in total. The molecule has 0 aliphatic carbocycles. The van der Waals surface area contributed by atoms with Crippen LogP contribution in [0.1, 0.15) is 25.0 Å². The molecule has 0 radical (unpaired) electrons. The number of rotatable bonds is 1. The number of hydrogen-bond acceptors (Lipinski definition) is 6. The van der Waals surface area contributed by atoms with E-state index in [-0.39, 0.29) is 34.5 Å². The number of aliphatic hydroxyl groups is 2. The quantitative estimate of drug-likeness (QED) is 0.133. The van der Waals surface area contributed by atoms with Crippen LogP contribution in [0.25, 0.3) is 21.5 Å². The van der Waals surface area contributed by atoms with E-state index >= 15 is 0 Å². The second-order valence-electron chi connectivity index (χ2n) is 7.82. The number of allylic oxidation sites excluding steroid dienone is 4. The fourth-order valence-corrected chi connectivity index (χ4v) is 3.22. The highest BCUT2D eigenvalue weighted by Crippen LogP contribution is 2.33. The van der Waals surface area contributed by atoms with Gasteiger partial charge in [0.25, 0.3) is 0 Å². The number of aliphatic hydroxyl groups excluding tert-OH is 2. The molecule has 34 heavy (non-hydrogen) atoms. The van der Waals surface area contributed by atoms with Crippen LogP contribution in [0.2, 0.25) is 0 Å². The van der Waals surface area contributed by atoms with E-state index in [1.54, 1.807) is 74.5 Å². The van der Waals surface area contributed by atoms with Crippen molar-refractivity contribution in [1.29, 1.82) is 0 Å². The van der Waals surface area contributed by atoms with Crippen molar-refractivity contribution in [3.05, 3.63) is 95.5 Å². The first-order chi connectivity index (χ1) is 16.0. The maximum Gasteiger partial charge on any atom is 0.126 e. The third-order valence-corrected chi connectivity index (χ3v) is 4.98. The van der Waals surface area contributed by atoms with Gasteiger partial charge >= 0.3 is 0 Å². The minimum absolute atomic E-state index is 0.193. The number of phenolic OH excluding ortho intramolecular Hbond substituents is 4. The van der Waals surface area contributed by atoms with Crippen molar-refractivity contribution < 1.29 is 30.6 Å². The van der Waals surface area contributed by atoms with Gasteiger partial charge in [-0.3, -0.25) is 0 Å². The van der Waals surface area contributed by atoms with Crippen LogP contribution in [0, 0.1) is 13.8 Å². The van der Waals surface area contributed by atoms with E-state index in [4.69, 9.17) is 10.2 Å². The Labute approximate surface area is 198 Å². The van der Waals surface area contributed by atoms with Crippen LogP contribution in [-0.4, -0.2) is 30.6 Å². The summed E-state index contributed by atoms with van der Waals surface area (Å²) in [6, 6.07) is 17.3. The summed E-state index contributed by atoms with van der Waals surface area (Å²) in [6.45, 7) is 6.82. The molecular weight excluding hydrogens is 432 g/mol. The Bertz CT molecular complexity index is 1310. The van der Waals surface area contributed by atoms with Crippen molar-refractivity contribution in [2.24, 2.45) is 0 Å². The largest absolute Gasteiger partial charge is 0.513 e. The van der Waals surface area contributed by atoms with E-state index in [1.807, 2.05) is 13.8 Å². The maximum atomic E-state index is 9.67. The van der Waals surface area contributed by atoms with Crippen molar-refractivity contribution in [2.45, 2.75) is 27.7 Å². The van der Waals surface area contributed by atoms with Gasteiger partial charge in [0, 0.05) is 21.5 Å². The van der Waals surface area contributed by atoms with Crippen LogP contribution in [0.3, 0.4) is 0 Å². The lowest BCUT2D eigenvalue weighted by Crippen LogP contribution is -1.79. The van der Waals surface area contributed by atoms with Gasteiger partial charge < -0.3 is 30.6 Å². The van der Waals surface area contributed by atoms with Gasteiger partial charge in [-0.15, -0.1) is 0 Å². The Hall–Kier alpha value is -4.32. The Morgan fingerprint density at radius 3 is 1.62 bits per heavy atom. The number of aromatic hydroxyl groups is 4. The molecule has 0 fully saturated rings. The maximum absolute atomic E-state index is 9.67. The summed E-state index contributed by atoms with van der Waals surface area (Å²) in [5.41, 5.74) is 1.78. The first kappa shape index (κ1) is 25.9. The lowest BCUT2D eigenvalue weighted by molar-refractivity contribution is 0.406. The third-order valence-electron chi connectivity index (χ3n) is 4.98. The fraction of sp³-hybridized carbons (Fsp3) is 0.143. The average molecular weight is 463 g/mol. The van der Waals surface area contributed by atoms with Crippen molar-refractivity contribution in [2.75, 3.05) is 0 Å². The number of fused-ring (bicyclic) bond motifs is 2. The summed E-state index contributed by atoms with van der Waals surface area (Å²) in [7, 11) is 0. The summed E-state index contributed by atoms with van der Waals surface area (Å²) < 4.78 is 0. The fourth-order valence-electron chi connectivity index (χ4n) is 3.22. The lowest BCUT2D eigenvalue weighted by atomic mass is 10.0. The van der Waals surface area contributed by atoms with E-state index in [1.165, 1.54) is 12.2 Å². The van der Waals surface area contributed by atoms with E-state index in [0.29, 0.717) is 16.2 Å². The molecule has 0 amide bonds. The predicted molar refractivity (Wildman–Crippen MR) is 137 cm³/mol. The molecule has 4 aromatic rings. The Morgan fingerprint density at radius 2 is 1.06 bits per heavy atom. The molecule has 4 aromatic carbocycles. The zero-order chi connectivity index (χ0) is 25.4. The second kappa shape index (κ2) is 11.5. The first-order valence-electron chi connectivity index (χ1n) is 10.6. The van der Waals surface area contributed by atoms with Gasteiger partial charge in [0.1, 0.15) is 23.0 Å². The Balaban J connectivity index is 0.000000187. The molecule has 0 atom stereocenters. The number of hydrogen-bond donors (Lipinski definition) is 6. The zero-order valence-corrected chi connectivity index (χ0v) is 19.6. The normalized spacial score (nSPS) is 11.4. The topological polar surface area (TPSA) is 121 Å². The molecule has 0 aromatic heterocycles. The third kappa shape index (κ3) is 6.59. The average Bonchev–Trinajstić information content (AvgIpc) is 2.79. The summed E-state index contributed by atoms with van der Waals surface area (Å²) in [5.74, 6) is 1.25. The summed E-state index contributed by atoms with van der Waals surface area (Å²) in [5, 5.41) is 58.0. The zero-order valence-electron chi connectivity index (χ0n) is 19.6. The van der Waals surface area contributed by atoms with E-state index in [2.05, 4.69) is 0 Å². The SMILES string of the molecule is C/C(O)=C\C=C(/C)O.Cc1ccc(O)c2cccc(O)c12.Cc1ccc2c(O)cccc2c1O. The molecule has 0 spiro atoms. The highest BCUT2D eigenvalue weighted by atomic mass is 16.3. The minimum atomic E-state index is 0.193. The van der Waals surface area contributed by atoms with Gasteiger partial charge in [0.2, 0.25) is 0 Å². The summed E-state index contributed by atoms with van der Waals surface area (Å²) >= 11 is 0. The van der Waals surface area contributed by atoms with Crippen molar-refractivity contribution in [3.63, 3.8) is 0 Å². The van der Waals surface area contributed by atoms with E-state index < -0.39 is 0 Å². The van der Waals surface area contributed by atoms with Crippen LogP contribution >= 0.6 is 0 Å². The highest BCUT2D eigenvalue weighted by molar-refractivity contribution is 5.95. The molecular formula is C28H30O6. The molecule has 0 aliphatic heterocycles. The van der Waals surface area contributed by atoms with Gasteiger partial charge in [-0.1, -0.05) is 42.5 Å². The van der Waals surface area contributed by atoms with Crippen LogP contribution in [-0.2, 0) is 0 Å². The van der Waals surface area contributed by atoms with Crippen LogP contribution in [0.5, 0.6) is 23.0 Å². The number of benzene rings is 4. The molecule has 0 saturated carbocycles.